The number of nitrogens with zero attached hydrogens (tertiary/aromatic N) is 1. The van der Waals surface area contributed by atoms with Crippen molar-refractivity contribution >= 4 is 29.0 Å². The molecule has 0 aromatic heterocycles. The summed E-state index contributed by atoms with van der Waals surface area (Å²) < 4.78 is 0. The first-order valence-corrected chi connectivity index (χ1v) is 7.26. The number of allylic oxidation sites excluding steroid dienone is 1. The van der Waals surface area contributed by atoms with E-state index in [2.05, 4.69) is 6.58 Å². The summed E-state index contributed by atoms with van der Waals surface area (Å²) >= 11 is 6.27. The summed E-state index contributed by atoms with van der Waals surface area (Å²) in [5.41, 5.74) is 3.48. The van der Waals surface area contributed by atoms with E-state index in [9.17, 15) is 9.59 Å². The molecule has 0 fully saturated rings. The van der Waals surface area contributed by atoms with E-state index in [1.165, 1.54) is 4.90 Å². The van der Waals surface area contributed by atoms with E-state index in [1.807, 2.05) is 19.1 Å². The molecule has 1 heterocycles. The van der Waals surface area contributed by atoms with E-state index in [-0.39, 0.29) is 18.4 Å². The van der Waals surface area contributed by atoms with Crippen LogP contribution in [0.3, 0.4) is 0 Å². The first-order valence-electron chi connectivity index (χ1n) is 6.88. The van der Waals surface area contributed by atoms with Crippen LogP contribution in [-0.2, 0) is 6.54 Å². The molecule has 22 heavy (non-hydrogen) atoms. The van der Waals surface area contributed by atoms with Crippen molar-refractivity contribution in [1.82, 2.24) is 4.90 Å². The molecule has 1 aliphatic heterocycles. The first-order chi connectivity index (χ1) is 10.5. The van der Waals surface area contributed by atoms with Gasteiger partial charge >= 0.3 is 0 Å². The van der Waals surface area contributed by atoms with Crippen LogP contribution in [0.1, 0.15) is 38.8 Å². The predicted octanol–water partition coefficient (Wildman–Crippen LogP) is 4.17. The van der Waals surface area contributed by atoms with Crippen molar-refractivity contribution in [2.75, 3.05) is 0 Å². The minimum absolute atomic E-state index is 0.168. The second-order valence-corrected chi connectivity index (χ2v) is 5.74. The van der Waals surface area contributed by atoms with Gasteiger partial charge in [0.15, 0.2) is 0 Å². The smallest absolute Gasteiger partial charge is 0.261 e. The number of imide groups is 1. The molecule has 3 nitrogen and oxygen atoms in total. The molecule has 0 unspecified atom stereocenters. The lowest BCUT2D eigenvalue weighted by atomic mass is 10.1. The highest BCUT2D eigenvalue weighted by Crippen LogP contribution is 2.28. The molecule has 2 amide bonds. The highest BCUT2D eigenvalue weighted by atomic mass is 35.5. The van der Waals surface area contributed by atoms with Gasteiger partial charge in [-0.05, 0) is 36.2 Å². The maximum absolute atomic E-state index is 12.3. The fraction of sp³-hybridized carbons (Fsp3) is 0.111. The van der Waals surface area contributed by atoms with Crippen molar-refractivity contribution in [3.8, 4) is 0 Å². The van der Waals surface area contributed by atoms with Crippen LogP contribution in [0, 0.1) is 0 Å². The third kappa shape index (κ3) is 2.34. The van der Waals surface area contributed by atoms with Crippen LogP contribution in [0.25, 0.3) is 5.57 Å². The molecule has 0 bridgehead atoms. The number of fused-ring (bicyclic) bond motifs is 1. The topological polar surface area (TPSA) is 37.4 Å². The van der Waals surface area contributed by atoms with Crippen LogP contribution in [0.4, 0.5) is 0 Å². The second kappa shape index (κ2) is 5.43. The van der Waals surface area contributed by atoms with Crippen molar-refractivity contribution in [3.63, 3.8) is 0 Å². The van der Waals surface area contributed by atoms with Gasteiger partial charge < -0.3 is 0 Å². The normalized spacial score (nSPS) is 13.5. The third-order valence-electron chi connectivity index (χ3n) is 3.75. The van der Waals surface area contributed by atoms with E-state index in [4.69, 9.17) is 11.6 Å². The Morgan fingerprint density at radius 2 is 1.68 bits per heavy atom. The zero-order valence-corrected chi connectivity index (χ0v) is 12.9. The van der Waals surface area contributed by atoms with Crippen LogP contribution < -0.4 is 0 Å². The molecule has 3 rings (SSSR count). The third-order valence-corrected chi connectivity index (χ3v) is 4.10. The standard InChI is InChI=1S/C18H14ClNO2/c1-11(2)12-7-8-13(16(19)9-12)10-20-17(21)14-5-3-4-6-15(14)18(20)22/h3-9H,1,10H2,2H3. The molecule has 0 saturated carbocycles. The van der Waals surface area contributed by atoms with Gasteiger partial charge in [-0.25, -0.2) is 0 Å². The Kier molecular flexibility index (Phi) is 3.59. The molecular formula is C18H14ClNO2. The molecule has 2 aromatic rings. The summed E-state index contributed by atoms with van der Waals surface area (Å²) in [6.45, 7) is 5.94. The predicted molar refractivity (Wildman–Crippen MR) is 86.8 cm³/mol. The molecule has 0 N–H and O–H groups in total. The highest BCUT2D eigenvalue weighted by Gasteiger charge is 2.35. The number of carbonyl (C=O) groups excluding carboxylic acids is 2. The molecule has 0 saturated heterocycles. The van der Waals surface area contributed by atoms with Crippen molar-refractivity contribution in [2.24, 2.45) is 0 Å². The molecule has 4 heteroatoms. The maximum Gasteiger partial charge on any atom is 0.261 e. The zero-order chi connectivity index (χ0) is 15.9. The summed E-state index contributed by atoms with van der Waals surface area (Å²) in [7, 11) is 0. The number of hydrogen-bond donors (Lipinski definition) is 0. The van der Waals surface area contributed by atoms with Gasteiger partial charge in [-0.3, -0.25) is 14.5 Å². The van der Waals surface area contributed by atoms with Crippen LogP contribution in [0.2, 0.25) is 5.02 Å². The van der Waals surface area contributed by atoms with Crippen molar-refractivity contribution < 1.29 is 9.59 Å². The lowest BCUT2D eigenvalue weighted by Gasteiger charge is -2.15. The lowest BCUT2D eigenvalue weighted by molar-refractivity contribution is 0.0642. The molecule has 0 radical (unpaired) electrons. The van der Waals surface area contributed by atoms with Gasteiger partial charge in [-0.1, -0.05) is 48.0 Å². The molecule has 0 aliphatic carbocycles. The average Bonchev–Trinajstić information content (AvgIpc) is 2.74. The number of rotatable bonds is 3. The lowest BCUT2D eigenvalue weighted by Crippen LogP contribution is -2.29. The molecule has 0 atom stereocenters. The number of hydrogen-bond acceptors (Lipinski definition) is 2. The van der Waals surface area contributed by atoms with Gasteiger partial charge in [-0.2, -0.15) is 0 Å². The van der Waals surface area contributed by atoms with Crippen LogP contribution >= 0.6 is 11.6 Å². The Balaban J connectivity index is 1.91. The maximum atomic E-state index is 12.3. The van der Waals surface area contributed by atoms with Crippen molar-refractivity contribution in [2.45, 2.75) is 13.5 Å². The van der Waals surface area contributed by atoms with Crippen molar-refractivity contribution in [1.29, 1.82) is 0 Å². The molecule has 0 spiro atoms. The van der Waals surface area contributed by atoms with Crippen LogP contribution in [0.15, 0.2) is 49.0 Å². The summed E-state index contributed by atoms with van der Waals surface area (Å²) in [5.74, 6) is -0.554. The minimum atomic E-state index is -0.277. The van der Waals surface area contributed by atoms with Gasteiger partial charge in [0.25, 0.3) is 11.8 Å². The summed E-state index contributed by atoms with van der Waals surface area (Å²) in [6.07, 6.45) is 0. The number of benzene rings is 2. The Hall–Kier alpha value is -2.39. The fourth-order valence-electron chi connectivity index (χ4n) is 2.49. The van der Waals surface area contributed by atoms with E-state index < -0.39 is 0 Å². The first kappa shape index (κ1) is 14.5. The average molecular weight is 312 g/mol. The Labute approximate surface area is 133 Å². The second-order valence-electron chi connectivity index (χ2n) is 5.33. The van der Waals surface area contributed by atoms with Gasteiger partial charge in [-0.15, -0.1) is 0 Å². The minimum Gasteiger partial charge on any atom is -0.270 e. The Bertz CT molecular complexity index is 775. The van der Waals surface area contributed by atoms with Crippen LogP contribution in [-0.4, -0.2) is 16.7 Å². The molecular weight excluding hydrogens is 298 g/mol. The van der Waals surface area contributed by atoms with Gasteiger partial charge in [0.1, 0.15) is 0 Å². The summed E-state index contributed by atoms with van der Waals surface area (Å²) in [5, 5.41) is 0.525. The Morgan fingerprint density at radius 1 is 1.09 bits per heavy atom. The number of carbonyl (C=O) groups is 2. The molecule has 110 valence electrons. The summed E-state index contributed by atoms with van der Waals surface area (Å²) in [4.78, 5) is 25.9. The van der Waals surface area contributed by atoms with E-state index in [0.717, 1.165) is 16.7 Å². The number of amides is 2. The van der Waals surface area contributed by atoms with Crippen molar-refractivity contribution in [3.05, 3.63) is 76.3 Å². The monoisotopic (exact) mass is 311 g/mol. The summed E-state index contributed by atoms with van der Waals surface area (Å²) in [6, 6.07) is 12.4. The number of halogens is 1. The Morgan fingerprint density at radius 3 is 2.18 bits per heavy atom. The molecule has 2 aromatic carbocycles. The molecule has 1 aliphatic rings. The highest BCUT2D eigenvalue weighted by molar-refractivity contribution is 6.31. The largest absolute Gasteiger partial charge is 0.270 e. The van der Waals surface area contributed by atoms with Gasteiger partial charge in [0, 0.05) is 5.02 Å². The quantitative estimate of drug-likeness (QED) is 0.798. The van der Waals surface area contributed by atoms with E-state index in [1.54, 1.807) is 30.3 Å². The van der Waals surface area contributed by atoms with Crippen LogP contribution in [0.5, 0.6) is 0 Å². The van der Waals surface area contributed by atoms with E-state index in [0.29, 0.717) is 16.1 Å². The van der Waals surface area contributed by atoms with E-state index >= 15 is 0 Å². The van der Waals surface area contributed by atoms with Gasteiger partial charge in [0.2, 0.25) is 0 Å². The zero-order valence-electron chi connectivity index (χ0n) is 12.1. The fourth-order valence-corrected chi connectivity index (χ4v) is 2.73. The van der Waals surface area contributed by atoms with Gasteiger partial charge in [0.05, 0.1) is 17.7 Å². The SMILES string of the molecule is C=C(C)c1ccc(CN2C(=O)c3ccccc3C2=O)c(Cl)c1.